The van der Waals surface area contributed by atoms with Gasteiger partial charge in [0.25, 0.3) is 0 Å². The van der Waals surface area contributed by atoms with Crippen molar-refractivity contribution in [2.24, 2.45) is 0 Å². The van der Waals surface area contributed by atoms with E-state index >= 15 is 0 Å². The summed E-state index contributed by atoms with van der Waals surface area (Å²) < 4.78 is 0. The highest BCUT2D eigenvalue weighted by molar-refractivity contribution is 6.08. The van der Waals surface area contributed by atoms with Crippen molar-refractivity contribution in [2.45, 2.75) is 0 Å². The van der Waals surface area contributed by atoms with Gasteiger partial charge in [-0.25, -0.2) is 0 Å². The third-order valence-electron chi connectivity index (χ3n) is 4.50. The van der Waals surface area contributed by atoms with Crippen LogP contribution in [0.1, 0.15) is 0 Å². The van der Waals surface area contributed by atoms with Crippen molar-refractivity contribution in [3.8, 4) is 0 Å². The van der Waals surface area contributed by atoms with Crippen LogP contribution in [0.15, 0.2) is 61.2 Å². The number of nitrogens with zero attached hydrogens (tertiary/aromatic N) is 2. The average molecular weight is 338 g/mol. The summed E-state index contributed by atoms with van der Waals surface area (Å²) in [6.07, 6.45) is 7.42. The van der Waals surface area contributed by atoms with E-state index in [4.69, 9.17) is 10.8 Å². The monoisotopic (exact) mass is 338 g/mol. The Hall–Kier alpha value is -3.80. The number of H-pyrrole nitrogens is 2. The quantitative estimate of drug-likeness (QED) is 0.341. The molecule has 0 saturated carbocycles. The Morgan fingerprint density at radius 3 is 1.58 bits per heavy atom. The standard InChI is InChI=1S/2C10H7N3/c2*11-7-3-8-10-6(1-2-12-8)5-13-9(10)4-7/h2*1-5,11-12H. The normalized spacial score (nSPS) is 11.4. The number of aromatic nitrogens is 4. The van der Waals surface area contributed by atoms with Crippen molar-refractivity contribution in [1.82, 2.24) is 19.9 Å². The molecule has 0 bridgehead atoms. The minimum atomic E-state index is 0.495. The van der Waals surface area contributed by atoms with E-state index in [1.54, 1.807) is 12.1 Å². The first-order valence-electron chi connectivity index (χ1n) is 8.17. The van der Waals surface area contributed by atoms with Crippen LogP contribution in [0.3, 0.4) is 0 Å². The summed E-state index contributed by atoms with van der Waals surface area (Å²) in [5, 5.41) is 20.6. The van der Waals surface area contributed by atoms with Gasteiger partial charge in [-0.05, 0) is 36.4 Å². The fourth-order valence-electron chi connectivity index (χ4n) is 3.39. The Balaban J connectivity index is 0.000000115. The summed E-state index contributed by atoms with van der Waals surface area (Å²) in [6, 6.07) is 11.2. The number of pyridine rings is 2. The van der Waals surface area contributed by atoms with Crippen LogP contribution in [0.25, 0.3) is 43.6 Å². The molecule has 0 radical (unpaired) electrons. The van der Waals surface area contributed by atoms with Gasteiger partial charge in [-0.2, -0.15) is 0 Å². The summed E-state index contributed by atoms with van der Waals surface area (Å²) in [6.45, 7) is 0. The second kappa shape index (κ2) is 5.35. The molecule has 6 rings (SSSR count). The van der Waals surface area contributed by atoms with E-state index < -0.39 is 0 Å². The molecule has 124 valence electrons. The minimum Gasteiger partial charge on any atom is -0.361 e. The first-order valence-corrected chi connectivity index (χ1v) is 8.17. The van der Waals surface area contributed by atoms with Gasteiger partial charge < -0.3 is 20.8 Å². The molecule has 0 saturated heterocycles. The molecule has 4 heterocycles. The maximum atomic E-state index is 7.55. The highest BCUT2D eigenvalue weighted by Crippen LogP contribution is 2.23. The zero-order chi connectivity index (χ0) is 17.7. The number of hydrogen-bond donors (Lipinski definition) is 4. The minimum absolute atomic E-state index is 0.495. The SMILES string of the molecule is N=c1cc2ncc3cc[nH]c(c1)c32.N=c1cc2ncc3cc[nH]c(c1)c32. The van der Waals surface area contributed by atoms with Gasteiger partial charge in [-0.15, -0.1) is 0 Å². The molecule has 6 aromatic rings. The number of nitrogens with one attached hydrogen (secondary N) is 4. The van der Waals surface area contributed by atoms with Crippen LogP contribution in [0.5, 0.6) is 0 Å². The van der Waals surface area contributed by atoms with Gasteiger partial charge in [-0.1, -0.05) is 0 Å². The fourth-order valence-corrected chi connectivity index (χ4v) is 3.39. The van der Waals surface area contributed by atoms with Crippen LogP contribution in [0, 0.1) is 10.8 Å². The molecule has 0 spiro atoms. The van der Waals surface area contributed by atoms with E-state index in [1.165, 1.54) is 0 Å². The Morgan fingerprint density at radius 2 is 1.12 bits per heavy atom. The van der Waals surface area contributed by atoms with E-state index in [0.29, 0.717) is 10.7 Å². The lowest BCUT2D eigenvalue weighted by Crippen LogP contribution is -1.96. The fraction of sp³-hybridized carbons (Fsp3) is 0. The molecule has 4 aromatic heterocycles. The van der Waals surface area contributed by atoms with Crippen molar-refractivity contribution in [2.75, 3.05) is 0 Å². The van der Waals surface area contributed by atoms with Crippen LogP contribution >= 0.6 is 0 Å². The highest BCUT2D eigenvalue weighted by atomic mass is 14.7. The smallest absolute Gasteiger partial charge is 0.0750 e. The predicted molar refractivity (Wildman–Crippen MR) is 101 cm³/mol. The lowest BCUT2D eigenvalue weighted by atomic mass is 10.1. The molecular formula is C20H14N6. The molecule has 0 aliphatic heterocycles. The van der Waals surface area contributed by atoms with E-state index in [0.717, 1.165) is 43.6 Å². The molecule has 0 atom stereocenters. The molecule has 4 N–H and O–H groups in total. The summed E-state index contributed by atoms with van der Waals surface area (Å²) in [5.41, 5.74) is 3.76. The van der Waals surface area contributed by atoms with Crippen LogP contribution in [-0.2, 0) is 0 Å². The number of hydrogen-bond acceptors (Lipinski definition) is 4. The first-order chi connectivity index (χ1) is 12.7. The molecule has 0 fully saturated rings. The van der Waals surface area contributed by atoms with E-state index in [-0.39, 0.29) is 0 Å². The second-order valence-corrected chi connectivity index (χ2v) is 6.22. The summed E-state index contributed by atoms with van der Waals surface area (Å²) in [4.78, 5) is 14.7. The van der Waals surface area contributed by atoms with Gasteiger partial charge >= 0.3 is 0 Å². The maximum Gasteiger partial charge on any atom is 0.0750 e. The Bertz CT molecular complexity index is 1360. The van der Waals surface area contributed by atoms with Gasteiger partial charge in [0.15, 0.2) is 0 Å². The van der Waals surface area contributed by atoms with Gasteiger partial charge in [0, 0.05) is 46.3 Å². The molecule has 0 aliphatic rings. The first kappa shape index (κ1) is 14.5. The number of benzene rings is 2. The zero-order valence-electron chi connectivity index (χ0n) is 13.7. The van der Waals surface area contributed by atoms with E-state index in [2.05, 4.69) is 19.9 Å². The molecule has 6 nitrogen and oxygen atoms in total. The van der Waals surface area contributed by atoms with Crippen LogP contribution in [0.4, 0.5) is 0 Å². The lowest BCUT2D eigenvalue weighted by Gasteiger charge is -1.96. The zero-order valence-corrected chi connectivity index (χ0v) is 13.7. The van der Waals surface area contributed by atoms with Crippen molar-refractivity contribution < 1.29 is 0 Å². The van der Waals surface area contributed by atoms with Gasteiger partial charge in [0.1, 0.15) is 0 Å². The third-order valence-corrected chi connectivity index (χ3v) is 4.50. The van der Waals surface area contributed by atoms with Crippen molar-refractivity contribution in [1.29, 1.82) is 10.8 Å². The van der Waals surface area contributed by atoms with Gasteiger partial charge in [0.2, 0.25) is 0 Å². The molecule has 0 amide bonds. The number of aromatic amines is 2. The van der Waals surface area contributed by atoms with E-state index in [9.17, 15) is 0 Å². The Labute approximate surface area is 146 Å². The van der Waals surface area contributed by atoms with Crippen molar-refractivity contribution in [3.05, 3.63) is 71.9 Å². The van der Waals surface area contributed by atoms with Gasteiger partial charge in [0.05, 0.1) is 32.8 Å². The second-order valence-electron chi connectivity index (χ2n) is 6.22. The highest BCUT2D eigenvalue weighted by Gasteiger charge is 2.04. The maximum absolute atomic E-state index is 7.55. The topological polar surface area (TPSA) is 105 Å². The molecule has 6 heteroatoms. The largest absolute Gasteiger partial charge is 0.361 e. The molecule has 26 heavy (non-hydrogen) atoms. The number of rotatable bonds is 0. The van der Waals surface area contributed by atoms with Crippen LogP contribution in [0.2, 0.25) is 0 Å². The third kappa shape index (κ3) is 2.20. The van der Waals surface area contributed by atoms with Gasteiger partial charge in [-0.3, -0.25) is 9.97 Å². The summed E-state index contributed by atoms with van der Waals surface area (Å²) >= 11 is 0. The molecule has 2 aromatic carbocycles. The predicted octanol–water partition coefficient (Wildman–Crippen LogP) is 3.27. The molecule has 0 aliphatic carbocycles. The Kier molecular flexibility index (Phi) is 2.99. The summed E-state index contributed by atoms with van der Waals surface area (Å²) in [5.74, 6) is 0. The Morgan fingerprint density at radius 1 is 0.654 bits per heavy atom. The molecule has 0 unspecified atom stereocenters. The van der Waals surface area contributed by atoms with Crippen LogP contribution < -0.4 is 10.7 Å². The van der Waals surface area contributed by atoms with Crippen molar-refractivity contribution in [3.63, 3.8) is 0 Å². The average Bonchev–Trinajstić information content (AvgIpc) is 3.22. The lowest BCUT2D eigenvalue weighted by molar-refractivity contribution is 1.28. The molecular weight excluding hydrogens is 324 g/mol. The van der Waals surface area contributed by atoms with E-state index in [1.807, 2.05) is 49.1 Å². The van der Waals surface area contributed by atoms with Crippen LogP contribution in [-0.4, -0.2) is 19.9 Å². The van der Waals surface area contributed by atoms with Crippen molar-refractivity contribution >= 4 is 43.6 Å². The summed E-state index contributed by atoms with van der Waals surface area (Å²) in [7, 11) is 0.